The normalized spacial score (nSPS) is 17.9. The number of benzene rings is 1. The standard InChI is InChI=1S/C20H23ClN2O4S/c21-15-10-14(11-17-20(15)27-8-7-26-17)12-19(24)22-13-16(18-2-1-9-28-18)23-3-5-25-6-4-23/h1-2,9-11,16H,3-8,12-13H2,(H,22,24)/t16-/m0/s1. The van der Waals surface area contributed by atoms with Crippen molar-refractivity contribution in [2.24, 2.45) is 0 Å². The van der Waals surface area contributed by atoms with Crippen LogP contribution >= 0.6 is 22.9 Å². The highest BCUT2D eigenvalue weighted by Crippen LogP contribution is 2.38. The van der Waals surface area contributed by atoms with Crippen molar-refractivity contribution >= 4 is 28.8 Å². The molecule has 8 heteroatoms. The lowest BCUT2D eigenvalue weighted by molar-refractivity contribution is -0.120. The van der Waals surface area contributed by atoms with Crippen LogP contribution in [0.5, 0.6) is 11.5 Å². The highest BCUT2D eigenvalue weighted by atomic mass is 35.5. The molecule has 28 heavy (non-hydrogen) atoms. The van der Waals surface area contributed by atoms with Crippen LogP contribution in [-0.2, 0) is 16.0 Å². The molecule has 1 amide bonds. The van der Waals surface area contributed by atoms with Gasteiger partial charge in [0.25, 0.3) is 0 Å². The largest absolute Gasteiger partial charge is 0.486 e. The number of rotatable bonds is 6. The number of carbonyl (C=O) groups is 1. The Hall–Kier alpha value is -1.80. The van der Waals surface area contributed by atoms with Gasteiger partial charge in [0.2, 0.25) is 5.91 Å². The molecular formula is C20H23ClN2O4S. The van der Waals surface area contributed by atoms with Crippen molar-refractivity contribution in [3.05, 3.63) is 45.1 Å². The van der Waals surface area contributed by atoms with E-state index in [0.29, 0.717) is 36.3 Å². The van der Waals surface area contributed by atoms with Crippen molar-refractivity contribution in [2.75, 3.05) is 46.1 Å². The summed E-state index contributed by atoms with van der Waals surface area (Å²) in [7, 11) is 0. The Labute approximate surface area is 173 Å². The van der Waals surface area contributed by atoms with Crippen molar-refractivity contribution in [1.82, 2.24) is 10.2 Å². The van der Waals surface area contributed by atoms with Crippen LogP contribution in [0.1, 0.15) is 16.5 Å². The summed E-state index contributed by atoms with van der Waals surface area (Å²) in [5, 5.41) is 5.63. The first-order chi connectivity index (χ1) is 13.7. The summed E-state index contributed by atoms with van der Waals surface area (Å²) in [6.45, 7) is 4.74. The molecular weight excluding hydrogens is 400 g/mol. The van der Waals surface area contributed by atoms with Gasteiger partial charge in [0.15, 0.2) is 11.5 Å². The summed E-state index contributed by atoms with van der Waals surface area (Å²) in [6, 6.07) is 7.94. The topological polar surface area (TPSA) is 60.0 Å². The molecule has 0 saturated carbocycles. The Kier molecular flexibility index (Phi) is 6.36. The van der Waals surface area contributed by atoms with Crippen molar-refractivity contribution in [3.63, 3.8) is 0 Å². The zero-order valence-electron chi connectivity index (χ0n) is 15.5. The van der Waals surface area contributed by atoms with Gasteiger partial charge < -0.3 is 19.5 Å². The lowest BCUT2D eigenvalue weighted by Gasteiger charge is -2.34. The van der Waals surface area contributed by atoms with E-state index in [1.54, 1.807) is 17.4 Å². The number of morpholine rings is 1. The zero-order valence-corrected chi connectivity index (χ0v) is 17.1. The maximum absolute atomic E-state index is 12.6. The second-order valence-corrected chi connectivity index (χ2v) is 8.15. The SMILES string of the molecule is O=C(Cc1cc(Cl)c2c(c1)OCCO2)NC[C@@H](c1cccs1)N1CCOCC1. The van der Waals surface area contributed by atoms with Gasteiger partial charge in [-0.25, -0.2) is 0 Å². The predicted molar refractivity (Wildman–Crippen MR) is 109 cm³/mol. The molecule has 1 aromatic heterocycles. The highest BCUT2D eigenvalue weighted by molar-refractivity contribution is 7.10. The molecule has 0 aliphatic carbocycles. The van der Waals surface area contributed by atoms with E-state index in [2.05, 4.69) is 21.7 Å². The Morgan fingerprint density at radius 1 is 1.21 bits per heavy atom. The molecule has 0 spiro atoms. The number of hydrogen-bond donors (Lipinski definition) is 1. The van der Waals surface area contributed by atoms with E-state index in [1.807, 2.05) is 12.1 Å². The van der Waals surface area contributed by atoms with Crippen LogP contribution in [0.3, 0.4) is 0 Å². The van der Waals surface area contributed by atoms with Crippen LogP contribution in [0.25, 0.3) is 0 Å². The molecule has 0 unspecified atom stereocenters. The number of halogens is 1. The van der Waals surface area contributed by atoms with Gasteiger partial charge in [-0.05, 0) is 29.1 Å². The molecule has 1 fully saturated rings. The van der Waals surface area contributed by atoms with Gasteiger partial charge in [-0.15, -0.1) is 11.3 Å². The third kappa shape index (κ3) is 4.60. The molecule has 150 valence electrons. The monoisotopic (exact) mass is 422 g/mol. The van der Waals surface area contributed by atoms with Gasteiger partial charge in [0, 0.05) is 24.5 Å². The Morgan fingerprint density at radius 3 is 2.82 bits per heavy atom. The van der Waals surface area contributed by atoms with Crippen LogP contribution in [0.15, 0.2) is 29.6 Å². The molecule has 6 nitrogen and oxygen atoms in total. The maximum atomic E-state index is 12.6. The Bertz CT molecular complexity index is 809. The number of ether oxygens (including phenoxy) is 3. The fraction of sp³-hybridized carbons (Fsp3) is 0.450. The van der Waals surface area contributed by atoms with Crippen LogP contribution in [0.4, 0.5) is 0 Å². The van der Waals surface area contributed by atoms with Crippen LogP contribution < -0.4 is 14.8 Å². The van der Waals surface area contributed by atoms with Gasteiger partial charge in [0.1, 0.15) is 13.2 Å². The van der Waals surface area contributed by atoms with E-state index in [-0.39, 0.29) is 18.4 Å². The smallest absolute Gasteiger partial charge is 0.224 e. The quantitative estimate of drug-likeness (QED) is 0.775. The maximum Gasteiger partial charge on any atom is 0.224 e. The summed E-state index contributed by atoms with van der Waals surface area (Å²) in [5.74, 6) is 1.12. The van der Waals surface area contributed by atoms with Crippen molar-refractivity contribution in [2.45, 2.75) is 12.5 Å². The fourth-order valence-corrected chi connectivity index (χ4v) is 4.65. The van der Waals surface area contributed by atoms with E-state index in [0.717, 1.165) is 31.9 Å². The number of fused-ring (bicyclic) bond motifs is 1. The second kappa shape index (κ2) is 9.13. The van der Waals surface area contributed by atoms with E-state index in [4.69, 9.17) is 25.8 Å². The van der Waals surface area contributed by atoms with Crippen molar-refractivity contribution < 1.29 is 19.0 Å². The Morgan fingerprint density at radius 2 is 2.04 bits per heavy atom. The molecule has 2 aromatic rings. The third-order valence-electron chi connectivity index (χ3n) is 4.87. The number of nitrogens with zero attached hydrogens (tertiary/aromatic N) is 1. The first-order valence-corrected chi connectivity index (χ1v) is 10.7. The first-order valence-electron chi connectivity index (χ1n) is 9.40. The molecule has 1 saturated heterocycles. The van der Waals surface area contributed by atoms with E-state index in [1.165, 1.54) is 4.88 Å². The molecule has 0 bridgehead atoms. The van der Waals surface area contributed by atoms with Crippen molar-refractivity contribution in [3.8, 4) is 11.5 Å². The molecule has 2 aliphatic heterocycles. The molecule has 4 rings (SSSR count). The van der Waals surface area contributed by atoms with Gasteiger partial charge >= 0.3 is 0 Å². The summed E-state index contributed by atoms with van der Waals surface area (Å²) in [4.78, 5) is 16.2. The lowest BCUT2D eigenvalue weighted by Crippen LogP contribution is -2.43. The van der Waals surface area contributed by atoms with Gasteiger partial charge in [0.05, 0.1) is 30.7 Å². The molecule has 1 atom stereocenters. The molecule has 1 N–H and O–H groups in total. The molecule has 0 radical (unpaired) electrons. The summed E-state index contributed by atoms with van der Waals surface area (Å²) >= 11 is 7.99. The fourth-order valence-electron chi connectivity index (χ4n) is 3.50. The summed E-state index contributed by atoms with van der Waals surface area (Å²) in [5.41, 5.74) is 0.811. The number of carbonyl (C=O) groups excluding carboxylic acids is 1. The minimum absolute atomic E-state index is 0.0393. The molecule has 1 aromatic carbocycles. The number of hydrogen-bond acceptors (Lipinski definition) is 6. The number of nitrogens with one attached hydrogen (secondary N) is 1. The Balaban J connectivity index is 1.39. The minimum Gasteiger partial charge on any atom is -0.486 e. The van der Waals surface area contributed by atoms with Gasteiger partial charge in [-0.3, -0.25) is 9.69 Å². The van der Waals surface area contributed by atoms with E-state index >= 15 is 0 Å². The van der Waals surface area contributed by atoms with E-state index in [9.17, 15) is 4.79 Å². The average Bonchev–Trinajstić information content (AvgIpc) is 3.23. The third-order valence-corrected chi connectivity index (χ3v) is 6.13. The predicted octanol–water partition coefficient (Wildman–Crippen LogP) is 2.90. The summed E-state index contributed by atoms with van der Waals surface area (Å²) in [6.07, 6.45) is 0.247. The average molecular weight is 423 g/mol. The minimum atomic E-state index is -0.0393. The number of amides is 1. The van der Waals surface area contributed by atoms with Gasteiger partial charge in [-0.2, -0.15) is 0 Å². The van der Waals surface area contributed by atoms with Crippen LogP contribution in [0.2, 0.25) is 5.02 Å². The van der Waals surface area contributed by atoms with Crippen molar-refractivity contribution in [1.29, 1.82) is 0 Å². The molecule has 2 aliphatic rings. The molecule has 3 heterocycles. The lowest BCUT2D eigenvalue weighted by atomic mass is 10.1. The van der Waals surface area contributed by atoms with Crippen LogP contribution in [-0.4, -0.2) is 56.9 Å². The highest BCUT2D eigenvalue weighted by Gasteiger charge is 2.24. The second-order valence-electron chi connectivity index (χ2n) is 6.76. The number of thiophene rings is 1. The van der Waals surface area contributed by atoms with E-state index < -0.39 is 0 Å². The first kappa shape index (κ1) is 19.5. The van der Waals surface area contributed by atoms with Crippen LogP contribution in [0, 0.1) is 0 Å². The zero-order chi connectivity index (χ0) is 19.3. The summed E-state index contributed by atoms with van der Waals surface area (Å²) < 4.78 is 16.6. The van der Waals surface area contributed by atoms with Gasteiger partial charge in [-0.1, -0.05) is 17.7 Å².